The highest BCUT2D eigenvalue weighted by molar-refractivity contribution is 5.57. The molecule has 0 spiro atoms. The van der Waals surface area contributed by atoms with Gasteiger partial charge in [0.25, 0.3) is 0 Å². The summed E-state index contributed by atoms with van der Waals surface area (Å²) in [5, 5.41) is 6.62. The van der Waals surface area contributed by atoms with Gasteiger partial charge >= 0.3 is 0 Å². The zero-order valence-corrected chi connectivity index (χ0v) is 17.0. The van der Waals surface area contributed by atoms with Crippen LogP contribution in [-0.2, 0) is 11.8 Å². The number of nitrogens with one attached hydrogen (secondary N) is 2. The third-order valence-electron chi connectivity index (χ3n) is 4.55. The van der Waals surface area contributed by atoms with Crippen LogP contribution in [0.1, 0.15) is 31.9 Å². The van der Waals surface area contributed by atoms with Crippen molar-refractivity contribution >= 4 is 17.5 Å². The van der Waals surface area contributed by atoms with Crippen molar-refractivity contribution in [2.24, 2.45) is 0 Å². The molecule has 1 heterocycles. The highest BCUT2D eigenvalue weighted by Gasteiger charge is 2.12. The van der Waals surface area contributed by atoms with E-state index in [9.17, 15) is 0 Å². The number of para-hydroxylation sites is 1. The predicted octanol–water partition coefficient (Wildman–Crippen LogP) is 5.18. The van der Waals surface area contributed by atoms with Gasteiger partial charge in [0.15, 0.2) is 0 Å². The second kappa shape index (κ2) is 8.74. The van der Waals surface area contributed by atoms with Gasteiger partial charge in [-0.3, -0.25) is 0 Å². The number of aromatic nitrogens is 2. The Hall–Kier alpha value is -3.08. The molecule has 0 unspecified atom stereocenters. The van der Waals surface area contributed by atoms with Crippen LogP contribution in [0.15, 0.2) is 60.8 Å². The van der Waals surface area contributed by atoms with Crippen molar-refractivity contribution < 1.29 is 4.74 Å². The lowest BCUT2D eigenvalue weighted by atomic mass is 9.87. The number of methoxy groups -OCH3 is 1. The summed E-state index contributed by atoms with van der Waals surface area (Å²) in [6.45, 7) is 7.36. The fourth-order valence-corrected chi connectivity index (χ4v) is 2.93. The lowest BCUT2D eigenvalue weighted by Gasteiger charge is -2.19. The van der Waals surface area contributed by atoms with Crippen molar-refractivity contribution in [3.8, 4) is 5.75 Å². The Kier molecular flexibility index (Phi) is 6.14. The maximum Gasteiger partial charge on any atom is 0.224 e. The van der Waals surface area contributed by atoms with E-state index in [2.05, 4.69) is 71.7 Å². The smallest absolute Gasteiger partial charge is 0.224 e. The van der Waals surface area contributed by atoms with Crippen LogP contribution in [0.5, 0.6) is 5.75 Å². The highest BCUT2D eigenvalue weighted by Crippen LogP contribution is 2.24. The molecule has 0 saturated heterocycles. The molecule has 146 valence electrons. The molecule has 0 atom stereocenters. The quantitative estimate of drug-likeness (QED) is 0.595. The summed E-state index contributed by atoms with van der Waals surface area (Å²) in [6, 6.07) is 18.4. The van der Waals surface area contributed by atoms with Crippen LogP contribution in [-0.4, -0.2) is 23.6 Å². The molecule has 2 N–H and O–H groups in total. The SMILES string of the molecule is COc1ccccc1CCNc1nccc(Nc2ccc(C(C)(C)C)cc2)n1. The molecule has 3 aromatic rings. The van der Waals surface area contributed by atoms with Crippen molar-refractivity contribution in [2.75, 3.05) is 24.3 Å². The number of hydrogen-bond acceptors (Lipinski definition) is 5. The summed E-state index contributed by atoms with van der Waals surface area (Å²) < 4.78 is 5.39. The zero-order chi connectivity index (χ0) is 20.0. The monoisotopic (exact) mass is 376 g/mol. The minimum atomic E-state index is 0.145. The lowest BCUT2D eigenvalue weighted by molar-refractivity contribution is 0.410. The van der Waals surface area contributed by atoms with Gasteiger partial charge in [0.2, 0.25) is 5.95 Å². The van der Waals surface area contributed by atoms with Gasteiger partial charge in [-0.05, 0) is 47.2 Å². The van der Waals surface area contributed by atoms with Crippen molar-refractivity contribution in [1.82, 2.24) is 9.97 Å². The van der Waals surface area contributed by atoms with Crippen LogP contribution < -0.4 is 15.4 Å². The molecule has 2 aromatic carbocycles. The maximum absolute atomic E-state index is 5.39. The molecule has 0 aliphatic heterocycles. The Bertz CT molecular complexity index is 901. The fraction of sp³-hybridized carbons (Fsp3) is 0.304. The maximum atomic E-state index is 5.39. The van der Waals surface area contributed by atoms with E-state index in [1.165, 1.54) is 5.56 Å². The molecule has 28 heavy (non-hydrogen) atoms. The van der Waals surface area contributed by atoms with Gasteiger partial charge in [-0.25, -0.2) is 4.98 Å². The molecule has 0 bridgehead atoms. The van der Waals surface area contributed by atoms with E-state index in [0.29, 0.717) is 5.95 Å². The van der Waals surface area contributed by atoms with Crippen LogP contribution in [0.3, 0.4) is 0 Å². The Labute approximate surface area is 167 Å². The first kappa shape index (κ1) is 19.7. The third-order valence-corrected chi connectivity index (χ3v) is 4.55. The number of hydrogen-bond donors (Lipinski definition) is 2. The van der Waals surface area contributed by atoms with Gasteiger partial charge in [-0.1, -0.05) is 51.1 Å². The molecule has 1 aromatic heterocycles. The van der Waals surface area contributed by atoms with Gasteiger partial charge in [-0.2, -0.15) is 4.98 Å². The summed E-state index contributed by atoms with van der Waals surface area (Å²) in [6.07, 6.45) is 2.59. The molecule has 0 aliphatic rings. The summed E-state index contributed by atoms with van der Waals surface area (Å²) >= 11 is 0. The first-order valence-corrected chi connectivity index (χ1v) is 9.52. The molecular weight excluding hydrogens is 348 g/mol. The average molecular weight is 377 g/mol. The van der Waals surface area contributed by atoms with Crippen LogP contribution in [0, 0.1) is 0 Å². The lowest BCUT2D eigenvalue weighted by Crippen LogP contribution is -2.11. The van der Waals surface area contributed by atoms with Crippen LogP contribution >= 0.6 is 0 Å². The molecule has 5 nitrogen and oxygen atoms in total. The first-order chi connectivity index (χ1) is 13.5. The topological polar surface area (TPSA) is 59.1 Å². The normalized spacial score (nSPS) is 11.1. The highest BCUT2D eigenvalue weighted by atomic mass is 16.5. The van der Waals surface area contributed by atoms with E-state index >= 15 is 0 Å². The summed E-state index contributed by atoms with van der Waals surface area (Å²) in [7, 11) is 1.69. The van der Waals surface area contributed by atoms with Crippen molar-refractivity contribution in [3.05, 3.63) is 71.9 Å². The van der Waals surface area contributed by atoms with Gasteiger partial charge < -0.3 is 15.4 Å². The van der Waals surface area contributed by atoms with Gasteiger partial charge in [0.1, 0.15) is 11.6 Å². The fourth-order valence-electron chi connectivity index (χ4n) is 2.93. The predicted molar refractivity (Wildman–Crippen MR) is 116 cm³/mol. The Morgan fingerprint density at radius 1 is 0.964 bits per heavy atom. The molecule has 3 rings (SSSR count). The van der Waals surface area contributed by atoms with Crippen molar-refractivity contribution in [2.45, 2.75) is 32.6 Å². The summed E-state index contributed by atoms with van der Waals surface area (Å²) in [4.78, 5) is 8.86. The number of benzene rings is 2. The second-order valence-corrected chi connectivity index (χ2v) is 7.71. The molecule has 0 amide bonds. The Morgan fingerprint density at radius 3 is 2.43 bits per heavy atom. The Balaban J connectivity index is 1.59. The van der Waals surface area contributed by atoms with Crippen molar-refractivity contribution in [1.29, 1.82) is 0 Å². The molecule has 5 heteroatoms. The van der Waals surface area contributed by atoms with Gasteiger partial charge in [-0.15, -0.1) is 0 Å². The standard InChI is InChI=1S/C23H28N4O/c1-23(2,3)18-9-11-19(12-10-18)26-21-14-16-25-22(27-21)24-15-13-17-7-5-6-8-20(17)28-4/h5-12,14,16H,13,15H2,1-4H3,(H2,24,25,26,27). The van der Waals surface area contributed by atoms with E-state index in [1.807, 2.05) is 24.3 Å². The average Bonchev–Trinajstić information content (AvgIpc) is 2.68. The first-order valence-electron chi connectivity index (χ1n) is 9.52. The van der Waals surface area contributed by atoms with E-state index in [0.717, 1.165) is 35.8 Å². The second-order valence-electron chi connectivity index (χ2n) is 7.71. The molecule has 0 radical (unpaired) electrons. The number of anilines is 3. The summed E-state index contributed by atoms with van der Waals surface area (Å²) in [5.41, 5.74) is 3.61. The largest absolute Gasteiger partial charge is 0.496 e. The number of ether oxygens (including phenoxy) is 1. The minimum absolute atomic E-state index is 0.145. The summed E-state index contributed by atoms with van der Waals surface area (Å²) in [5.74, 6) is 2.27. The minimum Gasteiger partial charge on any atom is -0.496 e. The van der Waals surface area contributed by atoms with E-state index in [-0.39, 0.29) is 5.41 Å². The third kappa shape index (κ3) is 5.22. The van der Waals surface area contributed by atoms with E-state index in [4.69, 9.17) is 4.74 Å². The molecule has 0 fully saturated rings. The number of rotatable bonds is 7. The van der Waals surface area contributed by atoms with Gasteiger partial charge in [0.05, 0.1) is 7.11 Å². The van der Waals surface area contributed by atoms with Crippen molar-refractivity contribution in [3.63, 3.8) is 0 Å². The van der Waals surface area contributed by atoms with E-state index < -0.39 is 0 Å². The number of nitrogens with zero attached hydrogens (tertiary/aromatic N) is 2. The van der Waals surface area contributed by atoms with Gasteiger partial charge in [0, 0.05) is 18.4 Å². The van der Waals surface area contributed by atoms with Crippen LogP contribution in [0.2, 0.25) is 0 Å². The molecule has 0 aliphatic carbocycles. The van der Waals surface area contributed by atoms with Crippen LogP contribution in [0.4, 0.5) is 17.5 Å². The zero-order valence-electron chi connectivity index (χ0n) is 17.0. The molecule has 0 saturated carbocycles. The van der Waals surface area contributed by atoms with Crippen LogP contribution in [0.25, 0.3) is 0 Å². The molecular formula is C23H28N4O. The Morgan fingerprint density at radius 2 is 1.71 bits per heavy atom. The van der Waals surface area contributed by atoms with E-state index in [1.54, 1.807) is 13.3 Å².